The van der Waals surface area contributed by atoms with E-state index in [4.69, 9.17) is 4.74 Å². The van der Waals surface area contributed by atoms with Crippen molar-refractivity contribution in [3.63, 3.8) is 0 Å². The van der Waals surface area contributed by atoms with E-state index < -0.39 is 41.9 Å². The number of nitrogens with one attached hydrogen (secondary N) is 5. The van der Waals surface area contributed by atoms with Crippen molar-refractivity contribution in [1.29, 1.82) is 0 Å². The molecular formula is C21H37F4N7O2. The summed E-state index contributed by atoms with van der Waals surface area (Å²) in [4.78, 5) is 17.4. The zero-order valence-electron chi connectivity index (χ0n) is 20.3. The van der Waals surface area contributed by atoms with Gasteiger partial charge in [-0.15, -0.1) is 0 Å². The molecule has 9 nitrogen and oxygen atoms in total. The second-order valence-corrected chi connectivity index (χ2v) is 10.5. The summed E-state index contributed by atoms with van der Waals surface area (Å²) >= 11 is 0. The highest BCUT2D eigenvalue weighted by molar-refractivity contribution is 5.98. The Labute approximate surface area is 197 Å². The van der Waals surface area contributed by atoms with E-state index in [2.05, 4.69) is 31.9 Å². The number of alkyl halides is 4. The summed E-state index contributed by atoms with van der Waals surface area (Å²) in [5.41, 5.74) is 7.91. The Hall–Kier alpha value is -1.54. The molecule has 1 amide bonds. The maximum Gasteiger partial charge on any atom is 0.405 e. The zero-order chi connectivity index (χ0) is 25.3. The Morgan fingerprint density at radius 3 is 2.47 bits per heavy atom. The molecule has 2 saturated heterocycles. The Morgan fingerprint density at radius 1 is 1.15 bits per heavy atom. The molecule has 7 atom stereocenters. The molecule has 3 rings (SSSR count). The SMILES string of the molecule is COC1CCC(F)C(C2CC(/N=C(/NC(=O)C3CN(C)NC3C(F)(F)F)NC(C)(C)C)NN2)C1. The van der Waals surface area contributed by atoms with Crippen molar-refractivity contribution in [3.8, 4) is 0 Å². The lowest BCUT2D eigenvalue weighted by Gasteiger charge is -2.34. The molecule has 2 aliphatic heterocycles. The molecule has 2 heterocycles. The van der Waals surface area contributed by atoms with Crippen LogP contribution in [0.1, 0.15) is 46.5 Å². The first-order chi connectivity index (χ1) is 15.8. The molecule has 0 aromatic heterocycles. The van der Waals surface area contributed by atoms with Crippen LogP contribution in [0.5, 0.6) is 0 Å². The van der Waals surface area contributed by atoms with Crippen molar-refractivity contribution >= 4 is 11.9 Å². The monoisotopic (exact) mass is 495 g/mol. The topological polar surface area (TPSA) is 102 Å². The number of guanidine groups is 1. The average molecular weight is 496 g/mol. The fourth-order valence-corrected chi connectivity index (χ4v) is 4.82. The Bertz CT molecular complexity index is 746. The van der Waals surface area contributed by atoms with Gasteiger partial charge in [0.25, 0.3) is 0 Å². The number of rotatable bonds is 4. The molecule has 3 fully saturated rings. The van der Waals surface area contributed by atoms with Gasteiger partial charge >= 0.3 is 6.18 Å². The summed E-state index contributed by atoms with van der Waals surface area (Å²) in [5, 5.41) is 6.88. The van der Waals surface area contributed by atoms with Gasteiger partial charge in [-0.1, -0.05) is 0 Å². The molecule has 0 aromatic carbocycles. The molecule has 196 valence electrons. The molecule has 1 aliphatic carbocycles. The first-order valence-electron chi connectivity index (χ1n) is 11.7. The number of hydrazine groups is 2. The predicted molar refractivity (Wildman–Crippen MR) is 119 cm³/mol. The van der Waals surface area contributed by atoms with E-state index in [0.29, 0.717) is 25.7 Å². The molecule has 0 aromatic rings. The van der Waals surface area contributed by atoms with Crippen LogP contribution in [-0.4, -0.2) is 79.8 Å². The van der Waals surface area contributed by atoms with Crippen LogP contribution in [0.15, 0.2) is 4.99 Å². The van der Waals surface area contributed by atoms with Crippen molar-refractivity contribution in [2.45, 2.75) is 88.7 Å². The first kappa shape index (κ1) is 27.1. The number of halogens is 4. The molecule has 0 spiro atoms. The number of carbonyl (C=O) groups excluding carboxylic acids is 1. The van der Waals surface area contributed by atoms with Crippen molar-refractivity contribution in [3.05, 3.63) is 0 Å². The molecule has 0 radical (unpaired) electrons. The van der Waals surface area contributed by atoms with Gasteiger partial charge in [-0.05, 0) is 40.0 Å². The van der Waals surface area contributed by atoms with E-state index >= 15 is 0 Å². The highest BCUT2D eigenvalue weighted by atomic mass is 19.4. The van der Waals surface area contributed by atoms with E-state index in [1.165, 1.54) is 12.1 Å². The van der Waals surface area contributed by atoms with Crippen molar-refractivity contribution in [1.82, 2.24) is 31.9 Å². The zero-order valence-corrected chi connectivity index (χ0v) is 20.3. The maximum absolute atomic E-state index is 14.6. The number of nitrogens with zero attached hydrogens (tertiary/aromatic N) is 2. The average Bonchev–Trinajstić information content (AvgIpc) is 3.33. The summed E-state index contributed by atoms with van der Waals surface area (Å²) in [6.07, 6.45) is -3.82. The molecule has 34 heavy (non-hydrogen) atoms. The van der Waals surface area contributed by atoms with Crippen molar-refractivity contribution in [2.24, 2.45) is 16.8 Å². The van der Waals surface area contributed by atoms with Gasteiger partial charge in [0.2, 0.25) is 5.91 Å². The molecule has 5 N–H and O–H groups in total. The van der Waals surface area contributed by atoms with Gasteiger partial charge in [0.1, 0.15) is 18.4 Å². The number of carbonyl (C=O) groups is 1. The van der Waals surface area contributed by atoms with E-state index in [-0.39, 0.29) is 30.6 Å². The lowest BCUT2D eigenvalue weighted by Crippen LogP contribution is -2.54. The normalized spacial score (nSPS) is 36.0. The fraction of sp³-hybridized carbons (Fsp3) is 0.905. The summed E-state index contributed by atoms with van der Waals surface area (Å²) in [7, 11) is 3.09. The lowest BCUT2D eigenvalue weighted by molar-refractivity contribution is -0.168. The number of aliphatic imine (C=N–C) groups is 1. The number of amides is 1. The van der Waals surface area contributed by atoms with Crippen LogP contribution in [0.2, 0.25) is 0 Å². The highest BCUT2D eigenvalue weighted by Gasteiger charge is 2.52. The minimum atomic E-state index is -4.57. The maximum atomic E-state index is 14.6. The molecule has 1 saturated carbocycles. The Balaban J connectivity index is 1.70. The molecule has 0 bridgehead atoms. The summed E-state index contributed by atoms with van der Waals surface area (Å²) < 4.78 is 60.3. The third-order valence-corrected chi connectivity index (χ3v) is 6.47. The quantitative estimate of drug-likeness (QED) is 0.227. The Morgan fingerprint density at radius 2 is 1.85 bits per heavy atom. The van der Waals surface area contributed by atoms with Crippen LogP contribution in [0.25, 0.3) is 0 Å². The molecule has 3 aliphatic rings. The number of hydrogen-bond acceptors (Lipinski definition) is 7. The molecule has 7 unspecified atom stereocenters. The second-order valence-electron chi connectivity index (χ2n) is 10.5. The van der Waals surface area contributed by atoms with Crippen LogP contribution in [0, 0.1) is 11.8 Å². The standard InChI is InChI=1S/C21H37F4N7O2/c1-20(2,3)28-19(27-18(33)13-10-32(4)31-17(13)21(23,24)25)26-16-9-15(29-30-16)12-8-11(34-5)6-7-14(12)22/h11-17,29-31H,6-10H2,1-5H3,(H2,26,27,28,33). The van der Waals surface area contributed by atoms with Gasteiger partial charge in [-0.25, -0.2) is 25.2 Å². The number of ether oxygens (including phenoxy) is 1. The summed E-state index contributed by atoms with van der Waals surface area (Å²) in [5.74, 6) is -2.29. The van der Waals surface area contributed by atoms with Gasteiger partial charge in [0.15, 0.2) is 5.96 Å². The van der Waals surface area contributed by atoms with E-state index in [9.17, 15) is 22.4 Å². The third-order valence-electron chi connectivity index (χ3n) is 6.47. The number of hydrogen-bond donors (Lipinski definition) is 5. The van der Waals surface area contributed by atoms with E-state index in [0.717, 1.165) is 0 Å². The van der Waals surface area contributed by atoms with Crippen LogP contribution in [0.3, 0.4) is 0 Å². The Kier molecular flexibility index (Phi) is 8.44. The fourth-order valence-electron chi connectivity index (χ4n) is 4.82. The van der Waals surface area contributed by atoms with Crippen molar-refractivity contribution in [2.75, 3.05) is 20.7 Å². The van der Waals surface area contributed by atoms with Gasteiger partial charge < -0.3 is 10.1 Å². The summed E-state index contributed by atoms with van der Waals surface area (Å²) in [6, 6.07) is -2.17. The van der Waals surface area contributed by atoms with Crippen LogP contribution in [-0.2, 0) is 9.53 Å². The van der Waals surface area contributed by atoms with Gasteiger partial charge in [0.05, 0.1) is 12.0 Å². The van der Waals surface area contributed by atoms with Crippen LogP contribution < -0.4 is 26.9 Å². The minimum absolute atomic E-state index is 0.0125. The van der Waals surface area contributed by atoms with Crippen LogP contribution >= 0.6 is 0 Å². The smallest absolute Gasteiger partial charge is 0.381 e. The highest BCUT2D eigenvalue weighted by Crippen LogP contribution is 2.34. The number of methoxy groups -OCH3 is 1. The van der Waals surface area contributed by atoms with E-state index in [1.807, 2.05) is 20.8 Å². The van der Waals surface area contributed by atoms with Gasteiger partial charge in [-0.2, -0.15) is 13.2 Å². The van der Waals surface area contributed by atoms with E-state index in [1.54, 1.807) is 7.11 Å². The largest absolute Gasteiger partial charge is 0.405 e. The van der Waals surface area contributed by atoms with Crippen LogP contribution in [0.4, 0.5) is 17.6 Å². The molecular weight excluding hydrogens is 458 g/mol. The van der Waals surface area contributed by atoms with Crippen molar-refractivity contribution < 1.29 is 27.1 Å². The van der Waals surface area contributed by atoms with Gasteiger partial charge in [-0.3, -0.25) is 15.5 Å². The molecule has 13 heteroatoms. The van der Waals surface area contributed by atoms with Gasteiger partial charge in [0, 0.05) is 44.6 Å². The third kappa shape index (κ3) is 7.00. The second kappa shape index (κ2) is 10.6. The lowest BCUT2D eigenvalue weighted by atomic mass is 9.80. The summed E-state index contributed by atoms with van der Waals surface area (Å²) in [6.45, 7) is 5.45. The predicted octanol–water partition coefficient (Wildman–Crippen LogP) is 1.19. The minimum Gasteiger partial charge on any atom is -0.381 e. The first-order valence-corrected chi connectivity index (χ1v) is 11.7.